The zero-order valence-corrected chi connectivity index (χ0v) is 13.5. The molecule has 1 aromatic heterocycles. The molecule has 2 aromatic rings. The summed E-state index contributed by atoms with van der Waals surface area (Å²) in [6.07, 6.45) is 2.20. The number of nitriles is 1. The molecule has 0 radical (unpaired) electrons. The number of hydrogen-bond acceptors (Lipinski definition) is 6. The van der Waals surface area contributed by atoms with Crippen LogP contribution in [0.15, 0.2) is 18.2 Å². The largest absolute Gasteiger partial charge is 0.506 e. The zero-order chi connectivity index (χ0) is 17.3. The van der Waals surface area contributed by atoms with Gasteiger partial charge in [0.1, 0.15) is 29.0 Å². The molecule has 0 amide bonds. The van der Waals surface area contributed by atoms with Crippen molar-refractivity contribution in [1.82, 2.24) is 9.97 Å². The molecule has 1 atom stereocenters. The fourth-order valence-electron chi connectivity index (χ4n) is 2.97. The highest BCUT2D eigenvalue weighted by atomic mass is 19.1. The minimum atomic E-state index is -0.770. The monoisotopic (exact) mass is 327 g/mol. The molecule has 1 aliphatic heterocycles. The predicted octanol–water partition coefficient (Wildman–Crippen LogP) is 2.89. The lowest BCUT2D eigenvalue weighted by Gasteiger charge is -2.23. The van der Waals surface area contributed by atoms with Gasteiger partial charge in [-0.3, -0.25) is 0 Å². The van der Waals surface area contributed by atoms with Gasteiger partial charge < -0.3 is 15.3 Å². The Kier molecular flexibility index (Phi) is 4.21. The number of nitrogens with one attached hydrogen (secondary N) is 1. The van der Waals surface area contributed by atoms with Crippen molar-refractivity contribution in [2.75, 3.05) is 23.8 Å². The third-order valence-corrected chi connectivity index (χ3v) is 4.26. The highest BCUT2D eigenvalue weighted by Crippen LogP contribution is 2.31. The minimum absolute atomic E-state index is 0.366. The van der Waals surface area contributed by atoms with E-state index in [2.05, 4.69) is 27.1 Å². The molecule has 0 aliphatic carbocycles. The van der Waals surface area contributed by atoms with Crippen LogP contribution < -0.4 is 10.2 Å². The first-order valence-electron chi connectivity index (χ1n) is 7.80. The van der Waals surface area contributed by atoms with E-state index in [1.807, 2.05) is 0 Å². The van der Waals surface area contributed by atoms with E-state index in [0.29, 0.717) is 23.2 Å². The van der Waals surface area contributed by atoms with Gasteiger partial charge in [0, 0.05) is 31.3 Å². The van der Waals surface area contributed by atoms with Crippen molar-refractivity contribution in [3.8, 4) is 23.1 Å². The molecule has 3 rings (SSSR count). The van der Waals surface area contributed by atoms with Crippen LogP contribution in [0.3, 0.4) is 0 Å². The van der Waals surface area contributed by atoms with Gasteiger partial charge in [-0.1, -0.05) is 0 Å². The first-order valence-corrected chi connectivity index (χ1v) is 7.80. The summed E-state index contributed by atoms with van der Waals surface area (Å²) >= 11 is 0. The van der Waals surface area contributed by atoms with Crippen LogP contribution in [-0.4, -0.2) is 34.7 Å². The number of aromatic nitrogens is 2. The molecule has 1 aliphatic rings. The molecule has 1 saturated heterocycles. The van der Waals surface area contributed by atoms with Gasteiger partial charge in [0.2, 0.25) is 5.95 Å². The van der Waals surface area contributed by atoms with Gasteiger partial charge in [0.05, 0.1) is 5.69 Å². The maximum Gasteiger partial charge on any atom is 0.224 e. The molecule has 24 heavy (non-hydrogen) atoms. The fraction of sp³-hybridized carbons (Fsp3) is 0.353. The van der Waals surface area contributed by atoms with Gasteiger partial charge in [-0.05, 0) is 31.9 Å². The fourth-order valence-corrected chi connectivity index (χ4v) is 2.97. The number of halogens is 1. The van der Waals surface area contributed by atoms with Crippen molar-refractivity contribution in [2.24, 2.45) is 0 Å². The summed E-state index contributed by atoms with van der Waals surface area (Å²) < 4.78 is 14.0. The smallest absolute Gasteiger partial charge is 0.224 e. The lowest BCUT2D eigenvalue weighted by Crippen LogP contribution is -2.27. The number of phenolic OH excluding ortho intramolecular Hbond substituents is 1. The second-order valence-corrected chi connectivity index (χ2v) is 5.83. The summed E-state index contributed by atoms with van der Waals surface area (Å²) in [4.78, 5) is 11.0. The van der Waals surface area contributed by atoms with Gasteiger partial charge >= 0.3 is 0 Å². The molecule has 124 valence electrons. The Morgan fingerprint density at radius 3 is 2.75 bits per heavy atom. The van der Waals surface area contributed by atoms with Crippen molar-refractivity contribution in [1.29, 1.82) is 5.26 Å². The number of anilines is 2. The molecular formula is C17H18FN5O. The van der Waals surface area contributed by atoms with Crippen LogP contribution in [0.2, 0.25) is 0 Å². The molecule has 1 fully saturated rings. The van der Waals surface area contributed by atoms with Gasteiger partial charge in [-0.25, -0.2) is 9.37 Å². The number of nitrogens with zero attached hydrogens (tertiary/aromatic N) is 4. The molecule has 0 saturated carbocycles. The van der Waals surface area contributed by atoms with Gasteiger partial charge in [-0.15, -0.1) is 0 Å². The first-order chi connectivity index (χ1) is 11.5. The van der Waals surface area contributed by atoms with E-state index < -0.39 is 11.6 Å². The van der Waals surface area contributed by atoms with E-state index in [1.165, 1.54) is 12.1 Å². The maximum atomic E-state index is 14.0. The van der Waals surface area contributed by atoms with E-state index >= 15 is 0 Å². The Labute approximate surface area is 139 Å². The molecule has 6 nitrogen and oxygen atoms in total. The predicted molar refractivity (Wildman–Crippen MR) is 89.4 cm³/mol. The standard InChI is InChI=1S/C17H18FN5O/c1-10-4-3-5-23(10)16-8-14(21-17(20-2)22-16)11-6-13(18)12(9-19)15(24)7-11/h6-8,10,24H,3-5H2,1-2H3,(H,20,21,22)/t10-/m1/s1. The van der Waals surface area contributed by atoms with Crippen molar-refractivity contribution in [3.63, 3.8) is 0 Å². The third kappa shape index (κ3) is 2.83. The minimum Gasteiger partial charge on any atom is -0.506 e. The summed E-state index contributed by atoms with van der Waals surface area (Å²) in [6.45, 7) is 3.05. The van der Waals surface area contributed by atoms with Crippen LogP contribution in [-0.2, 0) is 0 Å². The van der Waals surface area contributed by atoms with Gasteiger partial charge in [0.15, 0.2) is 0 Å². The van der Waals surface area contributed by atoms with Crippen molar-refractivity contribution in [2.45, 2.75) is 25.8 Å². The highest BCUT2D eigenvalue weighted by molar-refractivity contribution is 5.68. The molecule has 1 aromatic carbocycles. The van der Waals surface area contributed by atoms with Crippen LogP contribution in [0.4, 0.5) is 16.2 Å². The lowest BCUT2D eigenvalue weighted by molar-refractivity contribution is 0.467. The third-order valence-electron chi connectivity index (χ3n) is 4.26. The summed E-state index contributed by atoms with van der Waals surface area (Å²) in [5.41, 5.74) is 0.521. The van der Waals surface area contributed by atoms with Crippen LogP contribution in [0, 0.1) is 17.1 Å². The van der Waals surface area contributed by atoms with Crippen LogP contribution in [0.25, 0.3) is 11.3 Å². The van der Waals surface area contributed by atoms with Crippen molar-refractivity contribution < 1.29 is 9.50 Å². The lowest BCUT2D eigenvalue weighted by atomic mass is 10.1. The molecule has 2 N–H and O–H groups in total. The number of hydrogen-bond donors (Lipinski definition) is 2. The first kappa shape index (κ1) is 16.0. The SMILES string of the molecule is CNc1nc(-c2cc(O)c(C#N)c(F)c2)cc(N2CCC[C@H]2C)n1. The zero-order valence-electron chi connectivity index (χ0n) is 13.5. The van der Waals surface area contributed by atoms with Crippen molar-refractivity contribution >= 4 is 11.8 Å². The molecule has 0 bridgehead atoms. The number of benzene rings is 1. The maximum absolute atomic E-state index is 14.0. The average Bonchev–Trinajstić information content (AvgIpc) is 3.00. The Hall–Kier alpha value is -2.88. The second kappa shape index (κ2) is 6.32. The Bertz CT molecular complexity index is 794. The molecule has 2 heterocycles. The molecule has 0 unspecified atom stereocenters. The molecular weight excluding hydrogens is 309 g/mol. The van der Waals surface area contributed by atoms with Crippen LogP contribution >= 0.6 is 0 Å². The summed E-state index contributed by atoms with van der Waals surface area (Å²) in [5.74, 6) is 0.0193. The van der Waals surface area contributed by atoms with E-state index in [1.54, 1.807) is 19.2 Å². The average molecular weight is 327 g/mol. The highest BCUT2D eigenvalue weighted by Gasteiger charge is 2.23. The quantitative estimate of drug-likeness (QED) is 0.901. The Morgan fingerprint density at radius 2 is 2.17 bits per heavy atom. The van der Waals surface area contributed by atoms with Gasteiger partial charge in [0.25, 0.3) is 0 Å². The van der Waals surface area contributed by atoms with E-state index in [4.69, 9.17) is 5.26 Å². The normalized spacial score (nSPS) is 16.9. The number of aromatic hydroxyl groups is 1. The van der Waals surface area contributed by atoms with E-state index in [-0.39, 0.29) is 5.56 Å². The number of rotatable bonds is 3. The second-order valence-electron chi connectivity index (χ2n) is 5.83. The van der Waals surface area contributed by atoms with Crippen molar-refractivity contribution in [3.05, 3.63) is 29.6 Å². The summed E-state index contributed by atoms with van der Waals surface area (Å²) in [5, 5.41) is 21.6. The Morgan fingerprint density at radius 1 is 1.38 bits per heavy atom. The summed E-state index contributed by atoms with van der Waals surface area (Å²) in [7, 11) is 1.72. The van der Waals surface area contributed by atoms with Crippen LogP contribution in [0.5, 0.6) is 5.75 Å². The van der Waals surface area contributed by atoms with Gasteiger partial charge in [-0.2, -0.15) is 10.2 Å². The molecule has 7 heteroatoms. The van der Waals surface area contributed by atoms with Crippen LogP contribution in [0.1, 0.15) is 25.3 Å². The molecule has 0 spiro atoms. The Balaban J connectivity index is 2.10. The van der Waals surface area contributed by atoms with E-state index in [9.17, 15) is 9.50 Å². The van der Waals surface area contributed by atoms with E-state index in [0.717, 1.165) is 25.2 Å². The summed E-state index contributed by atoms with van der Waals surface area (Å²) in [6, 6.07) is 6.36. The topological polar surface area (TPSA) is 85.1 Å². The number of phenols is 1.